The van der Waals surface area contributed by atoms with Gasteiger partial charge in [-0.05, 0) is 34.9 Å². The maximum Gasteiger partial charge on any atom is 0.308 e. The molecule has 4 rings (SSSR count). The predicted octanol–water partition coefficient (Wildman–Crippen LogP) is 2.65. The summed E-state index contributed by atoms with van der Waals surface area (Å²) in [5, 5.41) is 0. The molecule has 0 radical (unpaired) electrons. The van der Waals surface area contributed by atoms with Crippen LogP contribution >= 0.6 is 0 Å². The zero-order valence-corrected chi connectivity index (χ0v) is 15.6. The van der Waals surface area contributed by atoms with E-state index in [1.165, 1.54) is 31.7 Å². The lowest BCUT2D eigenvalue weighted by molar-refractivity contribution is -0.129. The number of likely N-dealkylation sites (N-methyl/N-ethyl adjacent to an activating group) is 1. The predicted molar refractivity (Wildman–Crippen MR) is 102 cm³/mol. The minimum absolute atomic E-state index is 0.0501. The smallest absolute Gasteiger partial charge is 0.308 e. The van der Waals surface area contributed by atoms with Gasteiger partial charge in [0.05, 0.1) is 0 Å². The Kier molecular flexibility index (Phi) is 4.69. The Hall–Kier alpha value is -3.82. The van der Waals surface area contributed by atoms with Crippen LogP contribution in [0.4, 0.5) is 13.2 Å². The summed E-state index contributed by atoms with van der Waals surface area (Å²) in [6.45, 7) is 0. The molecule has 1 aromatic carbocycles. The molecule has 1 atom stereocenters. The number of benzene rings is 1. The molecule has 0 aliphatic carbocycles. The van der Waals surface area contributed by atoms with Crippen molar-refractivity contribution in [3.63, 3.8) is 0 Å². The first-order valence-electron chi connectivity index (χ1n) is 8.79. The summed E-state index contributed by atoms with van der Waals surface area (Å²) in [6.07, 6.45) is 0.117. The Bertz CT molecular complexity index is 1150. The van der Waals surface area contributed by atoms with Gasteiger partial charge in [-0.2, -0.15) is 4.39 Å². The topological polar surface area (TPSA) is 97.4 Å². The normalized spacial score (nSPS) is 18.8. The Labute approximate surface area is 169 Å². The second kappa shape index (κ2) is 7.21. The number of alkyl halides is 2. The van der Waals surface area contributed by atoms with Gasteiger partial charge in [-0.25, -0.2) is 23.7 Å². The van der Waals surface area contributed by atoms with Gasteiger partial charge in [0, 0.05) is 31.2 Å². The molecule has 1 aliphatic rings. The van der Waals surface area contributed by atoms with Crippen molar-refractivity contribution in [1.29, 1.82) is 0 Å². The lowest BCUT2D eigenvalue weighted by Gasteiger charge is -2.26. The molecule has 7 nitrogen and oxygen atoms in total. The highest BCUT2D eigenvalue weighted by Gasteiger charge is 2.49. The number of hydrogen-bond acceptors (Lipinski definition) is 6. The Morgan fingerprint density at radius 3 is 2.37 bits per heavy atom. The van der Waals surface area contributed by atoms with Crippen molar-refractivity contribution in [3.05, 3.63) is 77.9 Å². The van der Waals surface area contributed by atoms with Crippen LogP contribution in [-0.2, 0) is 10.3 Å². The molecule has 2 aromatic heterocycles. The summed E-state index contributed by atoms with van der Waals surface area (Å²) in [7, 11) is 1.45. The third kappa shape index (κ3) is 3.06. The number of pyridine rings is 1. The number of aromatic nitrogens is 3. The number of aliphatic imine (C=N–C) groups is 1. The number of guanidine groups is 1. The number of nitrogens with two attached hydrogens (primary N) is 1. The van der Waals surface area contributed by atoms with Crippen molar-refractivity contribution in [2.75, 3.05) is 7.05 Å². The van der Waals surface area contributed by atoms with Crippen LogP contribution in [0.1, 0.15) is 23.2 Å². The highest BCUT2D eigenvalue weighted by atomic mass is 19.3. The van der Waals surface area contributed by atoms with Gasteiger partial charge in [0.2, 0.25) is 0 Å². The van der Waals surface area contributed by atoms with Gasteiger partial charge in [0.25, 0.3) is 12.3 Å². The highest BCUT2D eigenvalue weighted by Crippen LogP contribution is 2.41. The molecule has 10 heteroatoms. The number of rotatable bonds is 4. The highest BCUT2D eigenvalue weighted by molar-refractivity contribution is 6.09. The number of carbonyl (C=O) groups excluding carboxylic acids is 1. The molecule has 0 bridgehead atoms. The van der Waals surface area contributed by atoms with E-state index in [4.69, 9.17) is 5.73 Å². The quantitative estimate of drug-likeness (QED) is 0.665. The van der Waals surface area contributed by atoms with E-state index in [0.717, 1.165) is 11.0 Å². The van der Waals surface area contributed by atoms with Crippen LogP contribution in [0.5, 0.6) is 0 Å². The Morgan fingerprint density at radius 2 is 1.73 bits per heavy atom. The van der Waals surface area contributed by atoms with Gasteiger partial charge < -0.3 is 5.73 Å². The van der Waals surface area contributed by atoms with Crippen molar-refractivity contribution in [3.8, 4) is 11.1 Å². The molecule has 3 heterocycles. The minimum Gasteiger partial charge on any atom is -0.369 e. The molecule has 1 unspecified atom stereocenters. The van der Waals surface area contributed by atoms with Gasteiger partial charge in [0.15, 0.2) is 11.5 Å². The van der Waals surface area contributed by atoms with E-state index >= 15 is 0 Å². The summed E-state index contributed by atoms with van der Waals surface area (Å²) in [5.41, 5.74) is 5.47. The lowest BCUT2D eigenvalue weighted by Crippen LogP contribution is -2.41. The van der Waals surface area contributed by atoms with E-state index in [-0.39, 0.29) is 11.5 Å². The summed E-state index contributed by atoms with van der Waals surface area (Å²) >= 11 is 0. The maximum absolute atomic E-state index is 13.3. The molecule has 152 valence electrons. The van der Waals surface area contributed by atoms with Crippen molar-refractivity contribution < 1.29 is 18.0 Å². The molecule has 3 aromatic rings. The first-order chi connectivity index (χ1) is 14.3. The van der Waals surface area contributed by atoms with Crippen molar-refractivity contribution in [2.45, 2.75) is 12.0 Å². The van der Waals surface area contributed by atoms with Crippen LogP contribution in [0, 0.1) is 6.08 Å². The standard InChI is InChI=1S/C20H15F3N6O/c1-29-17(30)20(28-19(29)24,14-5-6-25-15(8-14)16(21)22)13-4-2-3-11(7-13)12-9-26-18(23)27-10-12/h2-10,16H,1H3,(H2,24,28). The van der Waals surface area contributed by atoms with Crippen LogP contribution in [0.15, 0.2) is 60.0 Å². The Morgan fingerprint density at radius 1 is 1.03 bits per heavy atom. The maximum atomic E-state index is 13.3. The molecular formula is C20H15F3N6O. The second-order valence-electron chi connectivity index (χ2n) is 6.64. The monoisotopic (exact) mass is 412 g/mol. The molecule has 0 saturated heterocycles. The van der Waals surface area contributed by atoms with Crippen LogP contribution in [0.2, 0.25) is 0 Å². The molecule has 0 fully saturated rings. The van der Waals surface area contributed by atoms with Gasteiger partial charge in [0.1, 0.15) is 5.69 Å². The van der Waals surface area contributed by atoms with E-state index in [2.05, 4.69) is 19.9 Å². The third-order valence-electron chi connectivity index (χ3n) is 4.90. The number of nitrogens with zero attached hydrogens (tertiary/aromatic N) is 5. The summed E-state index contributed by atoms with van der Waals surface area (Å²) < 4.78 is 39.6. The van der Waals surface area contributed by atoms with Crippen molar-refractivity contribution in [1.82, 2.24) is 19.9 Å². The van der Waals surface area contributed by atoms with Crippen LogP contribution < -0.4 is 5.73 Å². The number of amides is 1. The number of halogens is 3. The number of carbonyl (C=O) groups is 1. The largest absolute Gasteiger partial charge is 0.369 e. The fraction of sp³-hybridized carbons (Fsp3) is 0.150. The van der Waals surface area contributed by atoms with Gasteiger partial charge >= 0.3 is 6.08 Å². The second-order valence-corrected chi connectivity index (χ2v) is 6.64. The van der Waals surface area contributed by atoms with Gasteiger partial charge in [-0.15, -0.1) is 0 Å². The first-order valence-corrected chi connectivity index (χ1v) is 8.79. The summed E-state index contributed by atoms with van der Waals surface area (Å²) in [4.78, 5) is 29.5. The Balaban J connectivity index is 1.93. The first kappa shape index (κ1) is 19.5. The van der Waals surface area contributed by atoms with E-state index in [1.54, 1.807) is 24.3 Å². The van der Waals surface area contributed by atoms with E-state index in [0.29, 0.717) is 16.7 Å². The average Bonchev–Trinajstić information content (AvgIpc) is 2.99. The number of hydrogen-bond donors (Lipinski definition) is 1. The summed E-state index contributed by atoms with van der Waals surface area (Å²) in [6, 6.07) is 9.28. The zero-order valence-electron chi connectivity index (χ0n) is 15.6. The zero-order chi connectivity index (χ0) is 21.5. The lowest BCUT2D eigenvalue weighted by atomic mass is 9.82. The molecule has 0 spiro atoms. The molecule has 0 saturated carbocycles. The minimum atomic E-state index is -2.82. The van der Waals surface area contributed by atoms with Crippen LogP contribution in [0.3, 0.4) is 0 Å². The molecule has 1 aliphatic heterocycles. The van der Waals surface area contributed by atoms with Gasteiger partial charge in [-0.1, -0.05) is 18.2 Å². The summed E-state index contributed by atoms with van der Waals surface area (Å²) in [5.74, 6) is -0.551. The van der Waals surface area contributed by atoms with Crippen LogP contribution in [-0.4, -0.2) is 38.8 Å². The molecule has 30 heavy (non-hydrogen) atoms. The van der Waals surface area contributed by atoms with Crippen LogP contribution in [0.25, 0.3) is 11.1 Å². The molecular weight excluding hydrogens is 397 g/mol. The third-order valence-corrected chi connectivity index (χ3v) is 4.90. The fourth-order valence-corrected chi connectivity index (χ4v) is 3.36. The van der Waals surface area contributed by atoms with E-state index in [9.17, 15) is 18.0 Å². The van der Waals surface area contributed by atoms with Gasteiger partial charge in [-0.3, -0.25) is 14.7 Å². The van der Waals surface area contributed by atoms with Crippen molar-refractivity contribution in [2.24, 2.45) is 10.7 Å². The fourth-order valence-electron chi connectivity index (χ4n) is 3.36. The van der Waals surface area contributed by atoms with Crippen molar-refractivity contribution >= 4 is 11.9 Å². The average molecular weight is 412 g/mol. The van der Waals surface area contributed by atoms with E-state index < -0.39 is 29.6 Å². The SMILES string of the molecule is CN1C(=O)C(c2cccc(-c3cnc(F)nc3)c2)(c2ccnc(C(F)F)c2)N=C1N. The van der Waals surface area contributed by atoms with E-state index in [1.807, 2.05) is 0 Å². The molecule has 2 N–H and O–H groups in total. The molecule has 1 amide bonds.